The number of carbonyl (C=O) groups is 1. The largest absolute Gasteiger partial charge is 0.503 e. The third-order valence-corrected chi connectivity index (χ3v) is 2.47. The zero-order valence-electron chi connectivity index (χ0n) is 11.8. The molecule has 0 fully saturated rings. The van der Waals surface area contributed by atoms with E-state index in [1.54, 1.807) is 0 Å². The van der Waals surface area contributed by atoms with Crippen LogP contribution in [-0.2, 0) is 4.79 Å². The lowest BCUT2D eigenvalue weighted by atomic mass is 9.79. The fraction of sp³-hybridized carbons (Fsp3) is 0.571. The fourth-order valence-corrected chi connectivity index (χ4v) is 1.64. The van der Waals surface area contributed by atoms with Gasteiger partial charge in [0.1, 0.15) is 5.71 Å². The Morgan fingerprint density at radius 3 is 1.89 bits per heavy atom. The van der Waals surface area contributed by atoms with Crippen molar-refractivity contribution in [2.75, 3.05) is 0 Å². The van der Waals surface area contributed by atoms with Crippen LogP contribution >= 0.6 is 0 Å². The summed E-state index contributed by atoms with van der Waals surface area (Å²) in [5.41, 5.74) is 0.188. The average Bonchev–Trinajstić information content (AvgIpc) is 2.15. The quantitative estimate of drug-likeness (QED) is 0.650. The van der Waals surface area contributed by atoms with E-state index < -0.39 is 22.8 Å². The summed E-state index contributed by atoms with van der Waals surface area (Å²) in [5.74, 6) is -1.64. The van der Waals surface area contributed by atoms with Crippen molar-refractivity contribution in [2.45, 2.75) is 47.1 Å². The Balaban J connectivity index is 3.47. The van der Waals surface area contributed by atoms with Gasteiger partial charge in [-0.15, -0.1) is 0 Å². The Morgan fingerprint density at radius 2 is 1.50 bits per heavy atom. The number of ketones is 1. The van der Waals surface area contributed by atoms with Gasteiger partial charge in [-0.1, -0.05) is 20.8 Å². The first kappa shape index (κ1) is 14.5. The maximum Gasteiger partial charge on any atom is 0.224 e. The zero-order valence-corrected chi connectivity index (χ0v) is 11.8. The van der Waals surface area contributed by atoms with Crippen molar-refractivity contribution < 1.29 is 15.0 Å². The lowest BCUT2D eigenvalue weighted by Crippen LogP contribution is -2.29. The van der Waals surface area contributed by atoms with Gasteiger partial charge in [0.2, 0.25) is 11.5 Å². The molecule has 0 aromatic carbocycles. The maximum atomic E-state index is 11.6. The van der Waals surface area contributed by atoms with Gasteiger partial charge in [-0.25, -0.2) is 0 Å². The molecule has 4 heteroatoms. The molecule has 0 bridgehead atoms. The molecule has 0 aromatic heterocycles. The van der Waals surface area contributed by atoms with E-state index >= 15 is 0 Å². The Labute approximate surface area is 108 Å². The number of hydrogen-bond acceptors (Lipinski definition) is 4. The molecule has 1 aliphatic carbocycles. The minimum absolute atomic E-state index is 0.298. The van der Waals surface area contributed by atoms with Crippen molar-refractivity contribution in [1.29, 1.82) is 0 Å². The molecule has 2 N–H and O–H groups in total. The zero-order chi connectivity index (χ0) is 14.3. The van der Waals surface area contributed by atoms with Gasteiger partial charge < -0.3 is 10.2 Å². The van der Waals surface area contributed by atoms with Crippen molar-refractivity contribution in [3.63, 3.8) is 0 Å². The van der Waals surface area contributed by atoms with Crippen LogP contribution in [-0.4, -0.2) is 27.2 Å². The first-order chi connectivity index (χ1) is 7.93. The number of nitrogens with zero attached hydrogens (tertiary/aromatic N) is 1. The molecular formula is C14H21NO3. The topological polar surface area (TPSA) is 69.9 Å². The third kappa shape index (κ3) is 3.00. The van der Waals surface area contributed by atoms with Gasteiger partial charge >= 0.3 is 0 Å². The van der Waals surface area contributed by atoms with E-state index in [-0.39, 0.29) is 5.41 Å². The normalized spacial score (nSPS) is 20.4. The molecular weight excluding hydrogens is 230 g/mol. The van der Waals surface area contributed by atoms with Crippen LogP contribution in [0.2, 0.25) is 0 Å². The van der Waals surface area contributed by atoms with Crippen LogP contribution in [0.25, 0.3) is 0 Å². The van der Waals surface area contributed by atoms with Crippen molar-refractivity contribution in [2.24, 2.45) is 10.4 Å². The summed E-state index contributed by atoms with van der Waals surface area (Å²) in [6, 6.07) is 0. The number of allylic oxidation sites excluding steroid dienone is 2. The number of aliphatic hydroxyl groups excluding tert-OH is 2. The van der Waals surface area contributed by atoms with Gasteiger partial charge in [-0.05, 0) is 37.8 Å². The van der Waals surface area contributed by atoms with Crippen LogP contribution in [0.4, 0.5) is 0 Å². The van der Waals surface area contributed by atoms with E-state index in [9.17, 15) is 15.0 Å². The molecule has 0 saturated carbocycles. The predicted octanol–water partition coefficient (Wildman–Crippen LogP) is 3.11. The molecule has 0 saturated heterocycles. The average molecular weight is 251 g/mol. The summed E-state index contributed by atoms with van der Waals surface area (Å²) < 4.78 is 0. The van der Waals surface area contributed by atoms with Gasteiger partial charge in [0.25, 0.3) is 0 Å². The van der Waals surface area contributed by atoms with Crippen LogP contribution in [0.15, 0.2) is 28.2 Å². The van der Waals surface area contributed by atoms with Crippen molar-refractivity contribution in [1.82, 2.24) is 0 Å². The molecule has 1 rings (SSSR count). The van der Waals surface area contributed by atoms with E-state index in [1.807, 2.05) is 41.5 Å². The fourth-order valence-electron chi connectivity index (χ4n) is 1.64. The van der Waals surface area contributed by atoms with Gasteiger partial charge in [0.05, 0.1) is 5.54 Å². The van der Waals surface area contributed by atoms with Gasteiger partial charge in [0, 0.05) is 0 Å². The van der Waals surface area contributed by atoms with Crippen molar-refractivity contribution in [3.05, 3.63) is 23.2 Å². The van der Waals surface area contributed by atoms with Crippen LogP contribution in [0.5, 0.6) is 0 Å². The Bertz CT molecular complexity index is 468. The minimum atomic E-state index is -0.633. The van der Waals surface area contributed by atoms with E-state index in [0.717, 1.165) is 0 Å². The SMILES string of the molecule is CC(C)(C)N=C1C(C(C)(C)C)=CC(=O)C(O)=C1O. The molecule has 0 heterocycles. The van der Waals surface area contributed by atoms with Crippen LogP contribution in [0.3, 0.4) is 0 Å². The molecule has 1 aliphatic rings. The lowest BCUT2D eigenvalue weighted by molar-refractivity contribution is -0.114. The predicted molar refractivity (Wildman–Crippen MR) is 72.0 cm³/mol. The Kier molecular flexibility index (Phi) is 3.43. The summed E-state index contributed by atoms with van der Waals surface area (Å²) in [6.45, 7) is 11.5. The summed E-state index contributed by atoms with van der Waals surface area (Å²) in [4.78, 5) is 16.0. The summed E-state index contributed by atoms with van der Waals surface area (Å²) in [6.07, 6.45) is 1.35. The maximum absolute atomic E-state index is 11.6. The summed E-state index contributed by atoms with van der Waals surface area (Å²) >= 11 is 0. The number of aliphatic imine (C=N–C) groups is 1. The van der Waals surface area contributed by atoms with E-state index in [2.05, 4.69) is 4.99 Å². The van der Waals surface area contributed by atoms with Gasteiger partial charge in [0.15, 0.2) is 5.76 Å². The lowest BCUT2D eigenvalue weighted by Gasteiger charge is -2.28. The second-order valence-corrected chi connectivity index (χ2v) is 6.50. The molecule has 0 unspecified atom stereocenters. The monoisotopic (exact) mass is 251 g/mol. The highest BCUT2D eigenvalue weighted by Crippen LogP contribution is 2.33. The third-order valence-electron chi connectivity index (χ3n) is 2.47. The van der Waals surface area contributed by atoms with E-state index in [1.165, 1.54) is 6.08 Å². The smallest absolute Gasteiger partial charge is 0.224 e. The summed E-state index contributed by atoms with van der Waals surface area (Å²) in [7, 11) is 0. The molecule has 0 atom stereocenters. The first-order valence-corrected chi connectivity index (χ1v) is 5.93. The summed E-state index contributed by atoms with van der Waals surface area (Å²) in [5, 5.41) is 19.5. The highest BCUT2D eigenvalue weighted by atomic mass is 16.3. The number of carbonyl (C=O) groups excluding carboxylic acids is 1. The van der Waals surface area contributed by atoms with E-state index in [4.69, 9.17) is 0 Å². The number of hydrogen-bond donors (Lipinski definition) is 2. The molecule has 0 spiro atoms. The Hall–Kier alpha value is -1.58. The van der Waals surface area contributed by atoms with Crippen LogP contribution < -0.4 is 0 Å². The van der Waals surface area contributed by atoms with E-state index in [0.29, 0.717) is 11.3 Å². The highest BCUT2D eigenvalue weighted by Gasteiger charge is 2.33. The number of rotatable bonds is 0. The van der Waals surface area contributed by atoms with Crippen LogP contribution in [0, 0.1) is 5.41 Å². The van der Waals surface area contributed by atoms with Crippen LogP contribution in [0.1, 0.15) is 41.5 Å². The molecule has 18 heavy (non-hydrogen) atoms. The molecule has 100 valence electrons. The van der Waals surface area contributed by atoms with Gasteiger partial charge in [-0.2, -0.15) is 0 Å². The molecule has 4 nitrogen and oxygen atoms in total. The molecule has 0 radical (unpaired) electrons. The number of aliphatic hydroxyl groups is 2. The second kappa shape index (κ2) is 4.26. The molecule has 0 amide bonds. The van der Waals surface area contributed by atoms with Crippen molar-refractivity contribution >= 4 is 11.5 Å². The van der Waals surface area contributed by atoms with Crippen molar-refractivity contribution in [3.8, 4) is 0 Å². The molecule has 0 aromatic rings. The minimum Gasteiger partial charge on any atom is -0.503 e. The standard InChI is InChI=1S/C14H21NO3/c1-13(2,3)8-7-9(16)11(17)12(18)10(8)15-14(4,5)6/h7,17-18H,1-6H3. The Morgan fingerprint density at radius 1 is 1.00 bits per heavy atom. The first-order valence-electron chi connectivity index (χ1n) is 5.93. The second-order valence-electron chi connectivity index (χ2n) is 6.50. The highest BCUT2D eigenvalue weighted by molar-refractivity contribution is 6.23. The van der Waals surface area contributed by atoms with Gasteiger partial charge in [-0.3, -0.25) is 9.79 Å². The molecule has 0 aliphatic heterocycles.